The highest BCUT2D eigenvalue weighted by Gasteiger charge is 2.30. The molecule has 0 spiro atoms. The molecule has 0 saturated heterocycles. The molecule has 11 heteroatoms. The summed E-state index contributed by atoms with van der Waals surface area (Å²) < 4.78 is 64.2. The topological polar surface area (TPSA) is 101 Å². The molecule has 7 nitrogen and oxygen atoms in total. The highest BCUT2D eigenvalue weighted by molar-refractivity contribution is 7.89. The van der Waals surface area contributed by atoms with Crippen LogP contribution in [0.15, 0.2) is 60.0 Å². The van der Waals surface area contributed by atoms with Gasteiger partial charge in [-0.2, -0.15) is 13.2 Å². The molecule has 0 radical (unpaired) electrons. The van der Waals surface area contributed by atoms with E-state index in [9.17, 15) is 21.6 Å². The molecule has 2 aromatic heterocycles. The Morgan fingerprint density at radius 1 is 0.933 bits per heavy atom. The lowest BCUT2D eigenvalue weighted by atomic mass is 10.1. The van der Waals surface area contributed by atoms with Gasteiger partial charge in [0.1, 0.15) is 5.82 Å². The molecule has 30 heavy (non-hydrogen) atoms. The fraction of sp³-hybridized carbons (Fsp3) is 0.105. The lowest BCUT2D eigenvalue weighted by Gasteiger charge is -2.04. The van der Waals surface area contributed by atoms with Crippen LogP contribution in [-0.4, -0.2) is 35.4 Å². The van der Waals surface area contributed by atoms with E-state index in [0.717, 1.165) is 17.7 Å². The molecule has 0 aliphatic rings. The van der Waals surface area contributed by atoms with Gasteiger partial charge in [0, 0.05) is 23.5 Å². The summed E-state index contributed by atoms with van der Waals surface area (Å²) in [5.41, 5.74) is 1.99. The normalized spacial score (nSPS) is 12.4. The van der Waals surface area contributed by atoms with E-state index in [1.807, 2.05) is 0 Å². The smallest absolute Gasteiger partial charge is 0.338 e. The fourth-order valence-electron chi connectivity index (χ4n) is 2.83. The summed E-state index contributed by atoms with van der Waals surface area (Å²) in [6, 6.07) is 10.4. The van der Waals surface area contributed by atoms with E-state index in [0.29, 0.717) is 22.5 Å². The van der Waals surface area contributed by atoms with Gasteiger partial charge in [-0.05, 0) is 30.8 Å². The number of rotatable bonds is 4. The molecule has 0 fully saturated rings. The van der Waals surface area contributed by atoms with E-state index >= 15 is 0 Å². The van der Waals surface area contributed by atoms with Crippen molar-refractivity contribution >= 4 is 21.1 Å². The van der Waals surface area contributed by atoms with Crippen molar-refractivity contribution in [2.75, 3.05) is 7.05 Å². The number of alkyl halides is 3. The van der Waals surface area contributed by atoms with E-state index < -0.39 is 21.8 Å². The van der Waals surface area contributed by atoms with Crippen LogP contribution in [0.25, 0.3) is 33.5 Å². The Balaban J connectivity index is 1.62. The van der Waals surface area contributed by atoms with Crippen molar-refractivity contribution < 1.29 is 21.6 Å². The predicted molar refractivity (Wildman–Crippen MR) is 104 cm³/mol. The standard InChI is InChI=1S/C19H14F3N5O2S/c1-23-30(28,29)18-24-9-13(10-25-18)11-2-4-12(5-3-11)17-26-15-7-6-14(19(20,21)22)8-16(15)27-17/h2-10,23H,1H3,(H,26,27). The van der Waals surface area contributed by atoms with E-state index in [1.165, 1.54) is 25.5 Å². The molecule has 154 valence electrons. The number of halogens is 3. The zero-order chi connectivity index (χ0) is 21.5. The Hall–Kier alpha value is -3.31. The summed E-state index contributed by atoms with van der Waals surface area (Å²) in [6.07, 6.45) is -1.64. The molecular weight excluding hydrogens is 419 g/mol. The maximum atomic E-state index is 12.9. The Morgan fingerprint density at radius 2 is 1.57 bits per heavy atom. The minimum Gasteiger partial charge on any atom is -0.338 e. The number of fused-ring (bicyclic) bond motifs is 1. The Kier molecular flexibility index (Phi) is 4.79. The van der Waals surface area contributed by atoms with Crippen molar-refractivity contribution in [3.8, 4) is 22.5 Å². The molecule has 0 saturated carbocycles. The van der Waals surface area contributed by atoms with Crippen LogP contribution in [0.2, 0.25) is 0 Å². The number of sulfonamides is 1. The van der Waals surface area contributed by atoms with E-state index in [4.69, 9.17) is 0 Å². The first kappa shape index (κ1) is 20.0. The summed E-state index contributed by atoms with van der Waals surface area (Å²) in [4.78, 5) is 15.0. The Morgan fingerprint density at radius 3 is 2.17 bits per heavy atom. The second-order valence-corrected chi connectivity index (χ2v) is 8.13. The molecule has 0 aliphatic heterocycles. The summed E-state index contributed by atoms with van der Waals surface area (Å²) in [7, 11) is -2.45. The number of imidazole rings is 1. The summed E-state index contributed by atoms with van der Waals surface area (Å²) in [5, 5.41) is -0.328. The zero-order valence-electron chi connectivity index (χ0n) is 15.4. The van der Waals surface area contributed by atoms with Gasteiger partial charge in [0.05, 0.1) is 16.6 Å². The molecule has 2 aromatic carbocycles. The van der Waals surface area contributed by atoms with Crippen molar-refractivity contribution in [2.24, 2.45) is 0 Å². The molecule has 0 amide bonds. The first-order valence-corrected chi connectivity index (χ1v) is 10.1. The maximum absolute atomic E-state index is 12.9. The van der Waals surface area contributed by atoms with Crippen LogP contribution in [0.3, 0.4) is 0 Å². The second kappa shape index (κ2) is 7.18. The van der Waals surface area contributed by atoms with Crippen LogP contribution in [0, 0.1) is 0 Å². The lowest BCUT2D eigenvalue weighted by Crippen LogP contribution is -2.21. The first-order valence-electron chi connectivity index (χ1n) is 8.61. The van der Waals surface area contributed by atoms with Crippen LogP contribution < -0.4 is 4.72 Å². The number of benzene rings is 2. The number of hydrogen-bond donors (Lipinski definition) is 2. The van der Waals surface area contributed by atoms with Crippen molar-refractivity contribution in [3.05, 3.63) is 60.4 Å². The molecule has 2 N–H and O–H groups in total. The molecule has 4 aromatic rings. The third-order valence-electron chi connectivity index (χ3n) is 4.44. The fourth-order valence-corrected chi connectivity index (χ4v) is 3.40. The number of hydrogen-bond acceptors (Lipinski definition) is 5. The van der Waals surface area contributed by atoms with Gasteiger partial charge in [-0.15, -0.1) is 0 Å². The SMILES string of the molecule is CNS(=O)(=O)c1ncc(-c2ccc(-c3nc4cc(C(F)(F)F)ccc4[nH]3)cc2)cn1. The van der Waals surface area contributed by atoms with Crippen LogP contribution >= 0.6 is 0 Å². The maximum Gasteiger partial charge on any atom is 0.416 e. The van der Waals surface area contributed by atoms with Gasteiger partial charge in [0.2, 0.25) is 0 Å². The number of aromatic nitrogens is 4. The highest BCUT2D eigenvalue weighted by Crippen LogP contribution is 2.32. The predicted octanol–water partition coefficient (Wildman–Crippen LogP) is 3.61. The van der Waals surface area contributed by atoms with Gasteiger partial charge in [-0.1, -0.05) is 24.3 Å². The largest absolute Gasteiger partial charge is 0.416 e. The van der Waals surface area contributed by atoms with Gasteiger partial charge in [0.25, 0.3) is 15.2 Å². The molecule has 2 heterocycles. The van der Waals surface area contributed by atoms with Gasteiger partial charge in [-0.3, -0.25) is 0 Å². The van der Waals surface area contributed by atoms with Gasteiger partial charge >= 0.3 is 6.18 Å². The average molecular weight is 433 g/mol. The minimum atomic E-state index is -4.43. The molecule has 0 bridgehead atoms. The summed E-state index contributed by atoms with van der Waals surface area (Å²) >= 11 is 0. The van der Waals surface area contributed by atoms with E-state index in [2.05, 4.69) is 24.7 Å². The van der Waals surface area contributed by atoms with Crippen molar-refractivity contribution in [3.63, 3.8) is 0 Å². The quantitative estimate of drug-likeness (QED) is 0.479. The molecule has 0 atom stereocenters. The third kappa shape index (κ3) is 3.76. The molecule has 4 rings (SSSR count). The van der Waals surface area contributed by atoms with E-state index in [-0.39, 0.29) is 10.7 Å². The summed E-state index contributed by atoms with van der Waals surface area (Å²) in [5.74, 6) is 0.433. The highest BCUT2D eigenvalue weighted by atomic mass is 32.2. The van der Waals surface area contributed by atoms with E-state index in [1.54, 1.807) is 24.3 Å². The van der Waals surface area contributed by atoms with Crippen molar-refractivity contribution in [2.45, 2.75) is 11.3 Å². The lowest BCUT2D eigenvalue weighted by molar-refractivity contribution is -0.137. The monoisotopic (exact) mass is 433 g/mol. The molecular formula is C19H14F3N5O2S. The number of H-pyrrole nitrogens is 1. The Labute approximate surface area is 169 Å². The van der Waals surface area contributed by atoms with Crippen molar-refractivity contribution in [1.82, 2.24) is 24.7 Å². The van der Waals surface area contributed by atoms with Crippen molar-refractivity contribution in [1.29, 1.82) is 0 Å². The van der Waals surface area contributed by atoms with Crippen LogP contribution in [-0.2, 0) is 16.2 Å². The van der Waals surface area contributed by atoms with Crippen LogP contribution in [0.4, 0.5) is 13.2 Å². The second-order valence-electron chi connectivity index (χ2n) is 6.35. The summed E-state index contributed by atoms with van der Waals surface area (Å²) in [6.45, 7) is 0. The average Bonchev–Trinajstić information content (AvgIpc) is 3.17. The molecule has 0 aliphatic carbocycles. The van der Waals surface area contributed by atoms with Crippen LogP contribution in [0.1, 0.15) is 5.56 Å². The minimum absolute atomic E-state index is 0.221. The number of nitrogens with one attached hydrogen (secondary N) is 2. The third-order valence-corrected chi connectivity index (χ3v) is 5.67. The number of aromatic amines is 1. The van der Waals surface area contributed by atoms with Gasteiger partial charge < -0.3 is 4.98 Å². The zero-order valence-corrected chi connectivity index (χ0v) is 16.2. The first-order chi connectivity index (χ1) is 14.2. The van der Waals surface area contributed by atoms with Gasteiger partial charge in [-0.25, -0.2) is 28.1 Å². The van der Waals surface area contributed by atoms with Gasteiger partial charge in [0.15, 0.2) is 0 Å². The van der Waals surface area contributed by atoms with Crippen LogP contribution in [0.5, 0.6) is 0 Å². The molecule has 0 unspecified atom stereocenters. The number of nitrogens with zero attached hydrogens (tertiary/aromatic N) is 3. The Bertz CT molecular complexity index is 1320.